The van der Waals surface area contributed by atoms with E-state index >= 15 is 0 Å². The van der Waals surface area contributed by atoms with Gasteiger partial charge in [0.1, 0.15) is 0 Å². The fourth-order valence-corrected chi connectivity index (χ4v) is 4.26. The summed E-state index contributed by atoms with van der Waals surface area (Å²) < 4.78 is 1.14. The van der Waals surface area contributed by atoms with Crippen LogP contribution in [-0.4, -0.2) is 5.71 Å². The van der Waals surface area contributed by atoms with Crippen molar-refractivity contribution in [2.45, 2.75) is 12.5 Å². The zero-order valence-electron chi connectivity index (χ0n) is 12.4. The number of hydrogen-bond donors (Lipinski definition) is 0. The van der Waals surface area contributed by atoms with Gasteiger partial charge < -0.3 is 0 Å². The second kappa shape index (κ2) is 6.30. The maximum Gasteiger partial charge on any atom is 0.0832 e. The second-order valence-electron chi connectivity index (χ2n) is 5.46. The summed E-state index contributed by atoms with van der Waals surface area (Å²) in [6.07, 6.45) is 0.922. The molecular weight excluding hydrogens is 368 g/mol. The first-order chi connectivity index (χ1) is 11.3. The molecule has 0 spiro atoms. The molecule has 0 radical (unpaired) electrons. The molecule has 1 atom stereocenters. The summed E-state index contributed by atoms with van der Waals surface area (Å²) in [6.45, 7) is 0. The van der Waals surface area contributed by atoms with Crippen LogP contribution in [0.25, 0.3) is 0 Å². The van der Waals surface area contributed by atoms with Crippen LogP contribution in [-0.2, 0) is 0 Å². The summed E-state index contributed by atoms with van der Waals surface area (Å²) in [4.78, 5) is 1.23. The van der Waals surface area contributed by atoms with E-state index in [9.17, 15) is 0 Å². The third-order valence-electron chi connectivity index (χ3n) is 3.97. The summed E-state index contributed by atoms with van der Waals surface area (Å²) in [5, 5.41) is 7.09. The lowest BCUT2D eigenvalue weighted by molar-refractivity contribution is 0.709. The van der Waals surface area contributed by atoms with Crippen LogP contribution < -0.4 is 5.01 Å². The Hall–Kier alpha value is -1.91. The van der Waals surface area contributed by atoms with E-state index in [2.05, 4.69) is 87.7 Å². The maximum absolute atomic E-state index is 4.94. The normalized spacial score (nSPS) is 17.3. The number of halogens is 1. The molecule has 2 heterocycles. The molecule has 0 fully saturated rings. The van der Waals surface area contributed by atoms with Crippen molar-refractivity contribution < 1.29 is 0 Å². The minimum atomic E-state index is 0.245. The Labute approximate surface area is 148 Å². The number of rotatable bonds is 3. The summed E-state index contributed by atoms with van der Waals surface area (Å²) >= 11 is 5.29. The van der Waals surface area contributed by atoms with Crippen molar-refractivity contribution in [3.63, 3.8) is 0 Å². The average Bonchev–Trinajstić information content (AvgIpc) is 3.23. The SMILES string of the molecule is Brc1ccc(C2=NN(c3ccccc3)C(c3ccccc3)C2)s1. The molecule has 1 aliphatic rings. The van der Waals surface area contributed by atoms with Gasteiger partial charge >= 0.3 is 0 Å². The predicted molar refractivity (Wildman–Crippen MR) is 101 cm³/mol. The van der Waals surface area contributed by atoms with Crippen molar-refractivity contribution in [3.05, 3.63) is 87.0 Å². The van der Waals surface area contributed by atoms with Crippen molar-refractivity contribution in [2.24, 2.45) is 5.10 Å². The molecule has 0 N–H and O–H groups in total. The molecule has 1 aromatic heterocycles. The molecule has 4 heteroatoms. The van der Waals surface area contributed by atoms with E-state index in [0.29, 0.717) is 0 Å². The predicted octanol–water partition coefficient (Wildman–Crippen LogP) is 5.87. The first-order valence-corrected chi connectivity index (χ1v) is 9.14. The van der Waals surface area contributed by atoms with Gasteiger partial charge in [0, 0.05) is 6.42 Å². The minimum Gasteiger partial charge on any atom is -0.257 e. The van der Waals surface area contributed by atoms with Gasteiger partial charge in [-0.2, -0.15) is 5.10 Å². The summed E-state index contributed by atoms with van der Waals surface area (Å²) in [5.41, 5.74) is 3.58. The van der Waals surface area contributed by atoms with Crippen LogP contribution >= 0.6 is 27.3 Å². The zero-order chi connectivity index (χ0) is 15.6. The molecule has 1 unspecified atom stereocenters. The Morgan fingerprint density at radius 1 is 0.913 bits per heavy atom. The Morgan fingerprint density at radius 2 is 1.61 bits per heavy atom. The zero-order valence-corrected chi connectivity index (χ0v) is 14.8. The molecule has 0 amide bonds. The Morgan fingerprint density at radius 3 is 2.26 bits per heavy atom. The van der Waals surface area contributed by atoms with Crippen molar-refractivity contribution in [3.8, 4) is 0 Å². The van der Waals surface area contributed by atoms with Gasteiger partial charge in [-0.3, -0.25) is 5.01 Å². The number of anilines is 1. The van der Waals surface area contributed by atoms with Gasteiger partial charge in [-0.05, 0) is 45.8 Å². The van der Waals surface area contributed by atoms with Crippen LogP contribution in [0.1, 0.15) is 22.9 Å². The van der Waals surface area contributed by atoms with E-state index in [4.69, 9.17) is 5.10 Å². The highest BCUT2D eigenvalue weighted by Crippen LogP contribution is 2.38. The lowest BCUT2D eigenvalue weighted by Crippen LogP contribution is -2.18. The molecule has 0 saturated carbocycles. The van der Waals surface area contributed by atoms with Crippen LogP contribution in [0.4, 0.5) is 5.69 Å². The smallest absolute Gasteiger partial charge is 0.0832 e. The van der Waals surface area contributed by atoms with Gasteiger partial charge in [0.05, 0.1) is 26.1 Å². The number of para-hydroxylation sites is 1. The third-order valence-corrected chi connectivity index (χ3v) is 5.65. The highest BCUT2D eigenvalue weighted by atomic mass is 79.9. The molecule has 0 aliphatic carbocycles. The molecule has 4 rings (SSSR count). The number of thiophene rings is 1. The molecule has 2 nitrogen and oxygen atoms in total. The van der Waals surface area contributed by atoms with Gasteiger partial charge in [0.2, 0.25) is 0 Å². The van der Waals surface area contributed by atoms with Crippen molar-refractivity contribution in [2.75, 3.05) is 5.01 Å². The van der Waals surface area contributed by atoms with Gasteiger partial charge in [-0.15, -0.1) is 11.3 Å². The molecular formula is C19H15BrN2S. The monoisotopic (exact) mass is 382 g/mol. The van der Waals surface area contributed by atoms with Crippen LogP contribution in [0.3, 0.4) is 0 Å². The summed E-state index contributed by atoms with van der Waals surface area (Å²) in [5.74, 6) is 0. The van der Waals surface area contributed by atoms with Gasteiger partial charge in [0.25, 0.3) is 0 Å². The van der Waals surface area contributed by atoms with Crippen molar-refractivity contribution in [1.29, 1.82) is 0 Å². The Bertz CT molecular complexity index is 827. The maximum atomic E-state index is 4.94. The highest BCUT2D eigenvalue weighted by Gasteiger charge is 2.30. The summed E-state index contributed by atoms with van der Waals surface area (Å²) in [7, 11) is 0. The fourth-order valence-electron chi connectivity index (χ4n) is 2.88. The van der Waals surface area contributed by atoms with Gasteiger partial charge in [-0.25, -0.2) is 0 Å². The fraction of sp³-hybridized carbons (Fsp3) is 0.105. The van der Waals surface area contributed by atoms with E-state index in [-0.39, 0.29) is 6.04 Å². The summed E-state index contributed by atoms with van der Waals surface area (Å²) in [6, 6.07) is 25.5. The highest BCUT2D eigenvalue weighted by molar-refractivity contribution is 9.11. The molecule has 23 heavy (non-hydrogen) atoms. The Balaban J connectivity index is 1.75. The minimum absolute atomic E-state index is 0.245. The van der Waals surface area contributed by atoms with Gasteiger partial charge in [-0.1, -0.05) is 48.5 Å². The van der Waals surface area contributed by atoms with E-state index < -0.39 is 0 Å². The molecule has 0 saturated heterocycles. The Kier molecular flexibility index (Phi) is 4.02. The van der Waals surface area contributed by atoms with Crippen LogP contribution in [0.2, 0.25) is 0 Å². The van der Waals surface area contributed by atoms with Crippen LogP contribution in [0.15, 0.2) is 81.7 Å². The second-order valence-corrected chi connectivity index (χ2v) is 7.92. The van der Waals surface area contributed by atoms with Gasteiger partial charge in [0.15, 0.2) is 0 Å². The van der Waals surface area contributed by atoms with Crippen LogP contribution in [0.5, 0.6) is 0 Å². The van der Waals surface area contributed by atoms with E-state index in [1.807, 2.05) is 6.07 Å². The molecule has 1 aliphatic heterocycles. The topological polar surface area (TPSA) is 15.6 Å². The molecule has 0 bridgehead atoms. The van der Waals surface area contributed by atoms with E-state index in [1.54, 1.807) is 11.3 Å². The first-order valence-electron chi connectivity index (χ1n) is 7.54. The molecule has 114 valence electrons. The number of hydrazone groups is 1. The largest absolute Gasteiger partial charge is 0.257 e. The lowest BCUT2D eigenvalue weighted by atomic mass is 10.0. The average molecular weight is 383 g/mol. The number of hydrogen-bond acceptors (Lipinski definition) is 3. The molecule has 2 aromatic carbocycles. The lowest BCUT2D eigenvalue weighted by Gasteiger charge is -2.23. The van der Waals surface area contributed by atoms with E-state index in [1.165, 1.54) is 10.4 Å². The van der Waals surface area contributed by atoms with Crippen LogP contribution in [0, 0.1) is 0 Å². The number of nitrogens with zero attached hydrogens (tertiary/aromatic N) is 2. The standard InChI is InChI=1S/C19H15BrN2S/c20-19-12-11-18(23-19)16-13-17(14-7-3-1-4-8-14)22(21-16)15-9-5-2-6-10-15/h1-12,17H,13H2. The quantitative estimate of drug-likeness (QED) is 0.553. The van der Waals surface area contributed by atoms with Crippen molar-refractivity contribution >= 4 is 38.7 Å². The van der Waals surface area contributed by atoms with Crippen molar-refractivity contribution in [1.82, 2.24) is 0 Å². The first kappa shape index (κ1) is 14.7. The van der Waals surface area contributed by atoms with E-state index in [0.717, 1.165) is 21.6 Å². The third kappa shape index (κ3) is 2.96. The molecule has 3 aromatic rings. The number of benzene rings is 2.